The number of aromatic carboxylic acids is 1. The van der Waals surface area contributed by atoms with Crippen LogP contribution in [-0.4, -0.2) is 17.6 Å². The first-order valence-corrected chi connectivity index (χ1v) is 9.27. The second-order valence-electron chi connectivity index (χ2n) is 7.52. The van der Waals surface area contributed by atoms with Crippen LogP contribution in [0.1, 0.15) is 71.6 Å². The number of hydrogen-bond acceptors (Lipinski definition) is 4. The van der Waals surface area contributed by atoms with Crippen LogP contribution in [0.5, 0.6) is 0 Å². The molecule has 0 amide bonds. The molecule has 1 aromatic rings. The number of fused-ring (bicyclic) bond motifs is 1. The fraction of sp³-hybridized carbons (Fsp3) is 0.611. The number of nitrogens with one attached hydrogen (secondary N) is 1. The summed E-state index contributed by atoms with van der Waals surface area (Å²) in [5.74, 6) is 4.76. The lowest BCUT2D eigenvalue weighted by Crippen LogP contribution is -2.26. The standard InChI is InChI=1S/C18H26N2O2S/c1-18(2)8-7-14-13(9-18)15(17(21)22)16(23-14)12-6-4-3-5-11(12)10-20-19/h20H,3-10,19H2,1-2H3,(H,21,22). The fourth-order valence-electron chi connectivity index (χ4n) is 3.92. The van der Waals surface area contributed by atoms with E-state index in [0.29, 0.717) is 12.1 Å². The lowest BCUT2D eigenvalue weighted by atomic mass is 9.75. The van der Waals surface area contributed by atoms with Crippen LogP contribution in [0.2, 0.25) is 0 Å². The van der Waals surface area contributed by atoms with Crippen LogP contribution in [0.25, 0.3) is 5.57 Å². The summed E-state index contributed by atoms with van der Waals surface area (Å²) >= 11 is 1.72. The average molecular weight is 334 g/mol. The van der Waals surface area contributed by atoms with Gasteiger partial charge in [0.25, 0.3) is 0 Å². The van der Waals surface area contributed by atoms with Gasteiger partial charge >= 0.3 is 5.97 Å². The Morgan fingerprint density at radius 3 is 2.74 bits per heavy atom. The molecule has 3 rings (SSSR count). The first-order valence-electron chi connectivity index (χ1n) is 8.45. The smallest absolute Gasteiger partial charge is 0.337 e. The van der Waals surface area contributed by atoms with Crippen LogP contribution in [0, 0.1) is 5.41 Å². The van der Waals surface area contributed by atoms with E-state index in [1.54, 1.807) is 11.3 Å². The molecule has 0 atom stereocenters. The molecular weight excluding hydrogens is 308 g/mol. The normalized spacial score (nSPS) is 20.5. The van der Waals surface area contributed by atoms with Crippen molar-refractivity contribution in [3.8, 4) is 0 Å². The molecule has 1 aromatic heterocycles. The summed E-state index contributed by atoms with van der Waals surface area (Å²) in [6.07, 6.45) is 7.31. The number of carboxylic acids is 1. The fourth-order valence-corrected chi connectivity index (χ4v) is 5.35. The number of rotatable bonds is 4. The Morgan fingerprint density at radius 2 is 2.04 bits per heavy atom. The molecule has 1 heterocycles. The molecule has 0 bridgehead atoms. The van der Waals surface area contributed by atoms with E-state index in [2.05, 4.69) is 19.3 Å². The third-order valence-corrected chi connectivity index (χ3v) is 6.51. The highest BCUT2D eigenvalue weighted by atomic mass is 32.1. The van der Waals surface area contributed by atoms with Gasteiger partial charge in [0.15, 0.2) is 0 Å². The van der Waals surface area contributed by atoms with Gasteiger partial charge in [0.05, 0.1) is 5.56 Å². The highest BCUT2D eigenvalue weighted by Gasteiger charge is 2.34. The zero-order valence-electron chi connectivity index (χ0n) is 14.0. The minimum atomic E-state index is -0.770. The van der Waals surface area contributed by atoms with Gasteiger partial charge in [-0.25, -0.2) is 4.79 Å². The summed E-state index contributed by atoms with van der Waals surface area (Å²) in [5, 5.41) is 9.87. The van der Waals surface area contributed by atoms with Crippen molar-refractivity contribution in [2.45, 2.75) is 58.8 Å². The van der Waals surface area contributed by atoms with E-state index in [1.807, 2.05) is 0 Å². The van der Waals surface area contributed by atoms with E-state index in [9.17, 15) is 9.90 Å². The van der Waals surface area contributed by atoms with Crippen molar-refractivity contribution >= 4 is 22.9 Å². The summed E-state index contributed by atoms with van der Waals surface area (Å²) in [6.45, 7) is 5.13. The zero-order chi connectivity index (χ0) is 16.6. The zero-order valence-corrected chi connectivity index (χ0v) is 14.8. The molecule has 0 aromatic carbocycles. The molecule has 4 N–H and O–H groups in total. The number of aryl methyl sites for hydroxylation is 1. The number of thiophene rings is 1. The Morgan fingerprint density at radius 1 is 1.30 bits per heavy atom. The number of nitrogens with two attached hydrogens (primary N) is 1. The second-order valence-corrected chi connectivity index (χ2v) is 8.63. The van der Waals surface area contributed by atoms with E-state index in [4.69, 9.17) is 5.84 Å². The Balaban J connectivity index is 2.13. The average Bonchev–Trinajstić information content (AvgIpc) is 2.85. The molecule has 5 heteroatoms. The minimum Gasteiger partial charge on any atom is -0.478 e. The largest absolute Gasteiger partial charge is 0.478 e. The molecule has 0 unspecified atom stereocenters. The number of carboxylic acid groups (broad SMARTS) is 1. The number of hydrazine groups is 1. The summed E-state index contributed by atoms with van der Waals surface area (Å²) in [6, 6.07) is 0. The quantitative estimate of drug-likeness (QED) is 0.579. The third-order valence-electron chi connectivity index (χ3n) is 5.16. The molecule has 2 aliphatic rings. The van der Waals surface area contributed by atoms with Crippen molar-refractivity contribution in [3.63, 3.8) is 0 Å². The molecule has 0 fully saturated rings. The summed E-state index contributed by atoms with van der Waals surface area (Å²) in [4.78, 5) is 14.3. The van der Waals surface area contributed by atoms with Crippen LogP contribution in [0.3, 0.4) is 0 Å². The predicted molar refractivity (Wildman–Crippen MR) is 94.7 cm³/mol. The lowest BCUT2D eigenvalue weighted by molar-refractivity contribution is 0.0695. The van der Waals surface area contributed by atoms with Gasteiger partial charge < -0.3 is 5.11 Å². The molecule has 0 saturated heterocycles. The van der Waals surface area contributed by atoms with E-state index < -0.39 is 5.97 Å². The molecule has 0 aliphatic heterocycles. The van der Waals surface area contributed by atoms with Gasteiger partial charge in [0.1, 0.15) is 0 Å². The summed E-state index contributed by atoms with van der Waals surface area (Å²) in [7, 11) is 0. The molecule has 0 saturated carbocycles. The first-order chi connectivity index (χ1) is 10.9. The van der Waals surface area contributed by atoms with Crippen molar-refractivity contribution in [2.75, 3.05) is 6.54 Å². The van der Waals surface area contributed by atoms with Gasteiger partial charge in [-0.1, -0.05) is 19.4 Å². The van der Waals surface area contributed by atoms with Gasteiger partial charge in [-0.15, -0.1) is 11.3 Å². The van der Waals surface area contributed by atoms with Gasteiger partial charge in [-0.05, 0) is 61.5 Å². The Hall–Kier alpha value is -1.17. The van der Waals surface area contributed by atoms with Crippen LogP contribution >= 0.6 is 11.3 Å². The van der Waals surface area contributed by atoms with Crippen LogP contribution in [0.4, 0.5) is 0 Å². The molecule has 2 aliphatic carbocycles. The number of hydrogen-bond donors (Lipinski definition) is 3. The minimum absolute atomic E-state index is 0.193. The topological polar surface area (TPSA) is 75.3 Å². The summed E-state index contributed by atoms with van der Waals surface area (Å²) in [5.41, 5.74) is 7.15. The first kappa shape index (κ1) is 16.7. The highest BCUT2D eigenvalue weighted by Crippen LogP contribution is 2.46. The monoisotopic (exact) mass is 334 g/mol. The molecule has 0 spiro atoms. The molecule has 126 valence electrons. The van der Waals surface area contributed by atoms with Crippen molar-refractivity contribution in [3.05, 3.63) is 26.5 Å². The van der Waals surface area contributed by atoms with E-state index in [1.165, 1.54) is 22.4 Å². The lowest BCUT2D eigenvalue weighted by Gasteiger charge is -2.29. The predicted octanol–water partition coefficient (Wildman–Crippen LogP) is 3.75. The van der Waals surface area contributed by atoms with Crippen molar-refractivity contribution in [2.24, 2.45) is 11.3 Å². The maximum atomic E-state index is 12.0. The second kappa shape index (κ2) is 6.38. The SMILES string of the molecule is CC1(C)CCc2sc(C3=C(CNN)CCCC3)c(C(=O)O)c2C1. The summed E-state index contributed by atoms with van der Waals surface area (Å²) < 4.78 is 0. The van der Waals surface area contributed by atoms with Crippen molar-refractivity contribution < 1.29 is 9.90 Å². The van der Waals surface area contributed by atoms with Gasteiger partial charge in [-0.3, -0.25) is 11.3 Å². The third kappa shape index (κ3) is 3.23. The van der Waals surface area contributed by atoms with E-state index >= 15 is 0 Å². The van der Waals surface area contributed by atoms with Crippen molar-refractivity contribution in [1.82, 2.24) is 5.43 Å². The molecule has 23 heavy (non-hydrogen) atoms. The highest BCUT2D eigenvalue weighted by molar-refractivity contribution is 7.13. The van der Waals surface area contributed by atoms with Crippen LogP contribution < -0.4 is 11.3 Å². The van der Waals surface area contributed by atoms with Crippen molar-refractivity contribution in [1.29, 1.82) is 0 Å². The number of carbonyl (C=O) groups is 1. The Bertz CT molecular complexity index is 658. The van der Waals surface area contributed by atoms with Gasteiger partial charge in [0.2, 0.25) is 0 Å². The maximum absolute atomic E-state index is 12.0. The molecule has 4 nitrogen and oxygen atoms in total. The Kier molecular flexibility index (Phi) is 4.63. The van der Waals surface area contributed by atoms with Crippen LogP contribution in [0.15, 0.2) is 5.57 Å². The van der Waals surface area contributed by atoms with E-state index in [0.717, 1.165) is 49.0 Å². The molecule has 0 radical (unpaired) electrons. The maximum Gasteiger partial charge on any atom is 0.337 e. The number of allylic oxidation sites excluding steroid dienone is 1. The van der Waals surface area contributed by atoms with Gasteiger partial charge in [-0.2, -0.15) is 0 Å². The Labute approximate surface area is 141 Å². The van der Waals surface area contributed by atoms with Crippen LogP contribution in [-0.2, 0) is 12.8 Å². The van der Waals surface area contributed by atoms with Gasteiger partial charge in [0, 0.05) is 16.3 Å². The molecular formula is C18H26N2O2S. The van der Waals surface area contributed by atoms with E-state index in [-0.39, 0.29) is 5.41 Å².